The second kappa shape index (κ2) is 8.52. The molecule has 3 rings (SSSR count). The number of carboxylic acids is 1. The van der Waals surface area contributed by atoms with Crippen molar-refractivity contribution in [2.75, 3.05) is 5.32 Å². The van der Waals surface area contributed by atoms with E-state index in [0.717, 1.165) is 0 Å². The van der Waals surface area contributed by atoms with Gasteiger partial charge in [0.2, 0.25) is 5.91 Å². The fourth-order valence-electron chi connectivity index (χ4n) is 2.36. The Bertz CT molecular complexity index is 1090. The summed E-state index contributed by atoms with van der Waals surface area (Å²) >= 11 is 18.0. The first-order chi connectivity index (χ1) is 13.3. The van der Waals surface area contributed by atoms with Crippen molar-refractivity contribution in [3.05, 3.63) is 81.0 Å². The molecule has 2 aromatic carbocycles. The van der Waals surface area contributed by atoms with E-state index >= 15 is 0 Å². The second-order valence-electron chi connectivity index (χ2n) is 5.65. The number of nitrogens with one attached hydrogen (secondary N) is 1. The summed E-state index contributed by atoms with van der Waals surface area (Å²) in [6.07, 6.45) is 2.72. The average molecular weight is 437 g/mol. The topological polar surface area (TPSA) is 79.5 Å². The summed E-state index contributed by atoms with van der Waals surface area (Å²) < 4.78 is 5.67. The van der Waals surface area contributed by atoms with Gasteiger partial charge in [-0.05, 0) is 54.6 Å². The number of carboxylic acid groups (broad SMARTS) is 1. The van der Waals surface area contributed by atoms with Gasteiger partial charge in [0.25, 0.3) is 0 Å². The number of aromatic carboxylic acids is 1. The number of amides is 1. The summed E-state index contributed by atoms with van der Waals surface area (Å²) in [6, 6.07) is 12.5. The van der Waals surface area contributed by atoms with Gasteiger partial charge in [0.15, 0.2) is 0 Å². The van der Waals surface area contributed by atoms with Crippen LogP contribution in [0.25, 0.3) is 17.4 Å². The lowest BCUT2D eigenvalue weighted by Gasteiger charge is -2.06. The maximum absolute atomic E-state index is 12.1. The SMILES string of the molecule is O=C(/C=C/c1ccc(-c2ccc(Cl)cc2Cl)o1)Nc1cc(C(=O)O)ccc1Cl. The number of hydrogen-bond acceptors (Lipinski definition) is 3. The van der Waals surface area contributed by atoms with Gasteiger partial charge in [0, 0.05) is 16.7 Å². The second-order valence-corrected chi connectivity index (χ2v) is 6.90. The third-order valence-corrected chi connectivity index (χ3v) is 4.57. The summed E-state index contributed by atoms with van der Waals surface area (Å²) in [5.74, 6) is -0.654. The van der Waals surface area contributed by atoms with Crippen molar-refractivity contribution >= 4 is 58.4 Å². The van der Waals surface area contributed by atoms with Gasteiger partial charge in [0.1, 0.15) is 11.5 Å². The van der Waals surface area contributed by atoms with Crippen molar-refractivity contribution in [2.24, 2.45) is 0 Å². The fraction of sp³-hybridized carbons (Fsp3) is 0. The van der Waals surface area contributed by atoms with E-state index in [1.54, 1.807) is 30.3 Å². The highest BCUT2D eigenvalue weighted by molar-refractivity contribution is 6.36. The quantitative estimate of drug-likeness (QED) is 0.463. The Hall–Kier alpha value is -2.73. The van der Waals surface area contributed by atoms with Crippen LogP contribution in [0.3, 0.4) is 0 Å². The van der Waals surface area contributed by atoms with Crippen LogP contribution in [0.1, 0.15) is 16.1 Å². The van der Waals surface area contributed by atoms with Crippen molar-refractivity contribution in [3.8, 4) is 11.3 Å². The molecule has 0 unspecified atom stereocenters. The van der Waals surface area contributed by atoms with Crippen LogP contribution in [-0.2, 0) is 4.79 Å². The predicted octanol–water partition coefficient (Wildman–Crippen LogP) is 6.26. The standard InChI is InChI=1S/C20H12Cl3NO4/c21-12-2-5-14(16(23)10-12)18-7-3-13(28-18)4-8-19(25)24-17-9-11(20(26)27)1-6-15(17)22/h1-10H,(H,24,25)(H,26,27)/b8-4+. The van der Waals surface area contributed by atoms with Gasteiger partial charge in [0.05, 0.1) is 21.3 Å². The van der Waals surface area contributed by atoms with Crippen molar-refractivity contribution < 1.29 is 19.1 Å². The van der Waals surface area contributed by atoms with Crippen molar-refractivity contribution in [2.45, 2.75) is 0 Å². The monoisotopic (exact) mass is 435 g/mol. The molecule has 5 nitrogen and oxygen atoms in total. The number of carbonyl (C=O) groups is 2. The van der Waals surface area contributed by atoms with Crippen LogP contribution in [0, 0.1) is 0 Å². The molecule has 8 heteroatoms. The summed E-state index contributed by atoms with van der Waals surface area (Å²) in [5, 5.41) is 12.7. The third kappa shape index (κ3) is 4.75. The molecule has 0 aliphatic rings. The molecule has 1 amide bonds. The third-order valence-electron chi connectivity index (χ3n) is 3.69. The van der Waals surface area contributed by atoms with E-state index in [4.69, 9.17) is 44.3 Å². The van der Waals surface area contributed by atoms with Crippen LogP contribution in [-0.4, -0.2) is 17.0 Å². The Balaban J connectivity index is 1.72. The Morgan fingerprint density at radius 1 is 0.964 bits per heavy atom. The molecule has 0 spiro atoms. The van der Waals surface area contributed by atoms with E-state index in [1.165, 1.54) is 30.4 Å². The number of furan rings is 1. The van der Waals surface area contributed by atoms with Crippen LogP contribution in [0.4, 0.5) is 5.69 Å². The van der Waals surface area contributed by atoms with Crippen LogP contribution >= 0.6 is 34.8 Å². The van der Waals surface area contributed by atoms with Crippen LogP contribution in [0.2, 0.25) is 15.1 Å². The molecule has 0 saturated heterocycles. The molecular weight excluding hydrogens is 425 g/mol. The van der Waals surface area contributed by atoms with Crippen molar-refractivity contribution in [1.29, 1.82) is 0 Å². The lowest BCUT2D eigenvalue weighted by Crippen LogP contribution is -2.09. The molecule has 0 fully saturated rings. The highest BCUT2D eigenvalue weighted by Crippen LogP contribution is 2.31. The molecule has 0 bridgehead atoms. The van der Waals surface area contributed by atoms with Gasteiger partial charge in [-0.3, -0.25) is 4.79 Å². The largest absolute Gasteiger partial charge is 0.478 e. The zero-order valence-electron chi connectivity index (χ0n) is 14.1. The molecule has 28 heavy (non-hydrogen) atoms. The first-order valence-corrected chi connectivity index (χ1v) is 9.04. The molecule has 1 aromatic heterocycles. The first-order valence-electron chi connectivity index (χ1n) is 7.90. The normalized spacial score (nSPS) is 11.0. The number of rotatable bonds is 5. The lowest BCUT2D eigenvalue weighted by atomic mass is 10.2. The molecule has 0 saturated carbocycles. The van der Waals surface area contributed by atoms with Gasteiger partial charge >= 0.3 is 5.97 Å². The van der Waals surface area contributed by atoms with Crippen LogP contribution in [0.5, 0.6) is 0 Å². The summed E-state index contributed by atoms with van der Waals surface area (Å²) in [4.78, 5) is 23.1. The number of halogens is 3. The molecule has 0 aliphatic heterocycles. The van der Waals surface area contributed by atoms with E-state index in [2.05, 4.69) is 5.32 Å². The average Bonchev–Trinajstić information content (AvgIpc) is 3.10. The van der Waals surface area contributed by atoms with Gasteiger partial charge < -0.3 is 14.8 Å². The minimum absolute atomic E-state index is 0.0131. The highest BCUT2D eigenvalue weighted by Gasteiger charge is 2.10. The van der Waals surface area contributed by atoms with Crippen molar-refractivity contribution in [1.82, 2.24) is 0 Å². The Morgan fingerprint density at radius 2 is 1.75 bits per heavy atom. The Kier molecular flexibility index (Phi) is 6.09. The van der Waals surface area contributed by atoms with Crippen LogP contribution < -0.4 is 5.32 Å². The van der Waals surface area contributed by atoms with Gasteiger partial charge in [-0.25, -0.2) is 4.79 Å². The first kappa shape index (κ1) is 20.0. The summed E-state index contributed by atoms with van der Waals surface area (Å²) in [5.41, 5.74) is 0.885. The highest BCUT2D eigenvalue weighted by atomic mass is 35.5. The smallest absolute Gasteiger partial charge is 0.335 e. The summed E-state index contributed by atoms with van der Waals surface area (Å²) in [7, 11) is 0. The van der Waals surface area contributed by atoms with E-state index in [0.29, 0.717) is 27.1 Å². The zero-order chi connectivity index (χ0) is 20.3. The molecule has 142 valence electrons. The Morgan fingerprint density at radius 3 is 2.46 bits per heavy atom. The van der Waals surface area contributed by atoms with Crippen molar-refractivity contribution in [3.63, 3.8) is 0 Å². The van der Waals surface area contributed by atoms with Gasteiger partial charge in [-0.15, -0.1) is 0 Å². The lowest BCUT2D eigenvalue weighted by molar-refractivity contribution is -0.111. The molecule has 0 radical (unpaired) electrons. The number of anilines is 1. The maximum atomic E-state index is 12.1. The minimum Gasteiger partial charge on any atom is -0.478 e. The number of benzene rings is 2. The minimum atomic E-state index is -1.12. The summed E-state index contributed by atoms with van der Waals surface area (Å²) in [6.45, 7) is 0. The molecule has 3 aromatic rings. The number of hydrogen-bond donors (Lipinski definition) is 2. The van der Waals surface area contributed by atoms with E-state index in [-0.39, 0.29) is 16.3 Å². The fourth-order valence-corrected chi connectivity index (χ4v) is 3.03. The van der Waals surface area contributed by atoms with E-state index in [1.807, 2.05) is 0 Å². The zero-order valence-corrected chi connectivity index (χ0v) is 16.3. The molecule has 0 aliphatic carbocycles. The van der Waals surface area contributed by atoms with Gasteiger partial charge in [-0.1, -0.05) is 34.8 Å². The maximum Gasteiger partial charge on any atom is 0.335 e. The van der Waals surface area contributed by atoms with E-state index < -0.39 is 11.9 Å². The Labute approximate surface area is 175 Å². The molecule has 0 atom stereocenters. The van der Waals surface area contributed by atoms with Gasteiger partial charge in [-0.2, -0.15) is 0 Å². The molecular formula is C20H12Cl3NO4. The predicted molar refractivity (Wildman–Crippen MR) is 110 cm³/mol. The molecule has 1 heterocycles. The number of carbonyl (C=O) groups excluding carboxylic acids is 1. The van der Waals surface area contributed by atoms with Crippen LogP contribution in [0.15, 0.2) is 59.0 Å². The molecule has 2 N–H and O–H groups in total. The van der Waals surface area contributed by atoms with E-state index in [9.17, 15) is 9.59 Å².